The van der Waals surface area contributed by atoms with E-state index in [1.807, 2.05) is 31.2 Å². The summed E-state index contributed by atoms with van der Waals surface area (Å²) in [4.78, 5) is 11.7. The number of nitrogens with one attached hydrogen (secondary N) is 1. The molecule has 1 rings (SSSR count). The lowest BCUT2D eigenvalue weighted by Gasteiger charge is -2.11. The first-order valence-corrected chi connectivity index (χ1v) is 6.49. The highest BCUT2D eigenvalue weighted by Gasteiger charge is 2.12. The fourth-order valence-corrected chi connectivity index (χ4v) is 2.26. The minimum absolute atomic E-state index is 0.190. The van der Waals surface area contributed by atoms with E-state index in [1.165, 1.54) is 7.11 Å². The lowest BCUT2D eigenvalue weighted by Crippen LogP contribution is -2.30. The molecule has 5 heteroatoms. The third-order valence-electron chi connectivity index (χ3n) is 2.24. The largest absolute Gasteiger partial charge is 0.469 e. The van der Waals surface area contributed by atoms with Gasteiger partial charge in [0.25, 0.3) is 0 Å². The highest BCUT2D eigenvalue weighted by molar-refractivity contribution is 7.83. The minimum Gasteiger partial charge on any atom is -0.469 e. The molecule has 0 saturated carbocycles. The number of methoxy groups -OCH3 is 1. The molecule has 17 heavy (non-hydrogen) atoms. The first kappa shape index (κ1) is 13.9. The summed E-state index contributed by atoms with van der Waals surface area (Å²) in [6.07, 6.45) is 0.202. The van der Waals surface area contributed by atoms with Crippen molar-refractivity contribution in [2.75, 3.05) is 7.11 Å². The normalized spacial score (nSPS) is 14.1. The van der Waals surface area contributed by atoms with Gasteiger partial charge in [0, 0.05) is 6.04 Å². The second kappa shape index (κ2) is 6.51. The molecule has 0 aliphatic rings. The number of ether oxygens (including phenoxy) is 1. The maximum Gasteiger partial charge on any atom is 0.307 e. The molecule has 0 spiro atoms. The Kier molecular flexibility index (Phi) is 5.31. The lowest BCUT2D eigenvalue weighted by molar-refractivity contribution is -0.140. The Balaban J connectivity index is 2.54. The van der Waals surface area contributed by atoms with Crippen LogP contribution in [0.2, 0.25) is 0 Å². The number of hydrogen-bond acceptors (Lipinski definition) is 3. The van der Waals surface area contributed by atoms with Gasteiger partial charge in [0.15, 0.2) is 0 Å². The van der Waals surface area contributed by atoms with Gasteiger partial charge in [-0.05, 0) is 26.0 Å². The van der Waals surface area contributed by atoms with Gasteiger partial charge in [0.1, 0.15) is 11.0 Å². The highest BCUT2D eigenvalue weighted by Crippen LogP contribution is 2.07. The first-order chi connectivity index (χ1) is 8.02. The Hall–Kier alpha value is -1.20. The smallest absolute Gasteiger partial charge is 0.307 e. The van der Waals surface area contributed by atoms with Gasteiger partial charge in [0.2, 0.25) is 0 Å². The van der Waals surface area contributed by atoms with Gasteiger partial charge in [-0.2, -0.15) is 0 Å². The quantitative estimate of drug-likeness (QED) is 0.812. The molecule has 1 aromatic rings. The molecule has 0 aliphatic carbocycles. The molecule has 1 N–H and O–H groups in total. The molecule has 0 heterocycles. The van der Waals surface area contributed by atoms with Crippen LogP contribution in [0.25, 0.3) is 0 Å². The number of benzene rings is 1. The van der Waals surface area contributed by atoms with Crippen LogP contribution in [0.4, 0.5) is 0 Å². The zero-order chi connectivity index (χ0) is 12.8. The Morgan fingerprint density at radius 1 is 1.41 bits per heavy atom. The standard InChI is InChI=1S/C12H17NO3S/c1-9-4-6-11(7-5-9)17(15)13-10(2)8-12(14)16-3/h4-7,10,13H,8H2,1-3H3/t10-,17-/m0/s1. The van der Waals surface area contributed by atoms with Crippen LogP contribution in [0.1, 0.15) is 18.9 Å². The Bertz CT molecular complexity index is 403. The van der Waals surface area contributed by atoms with Crippen LogP contribution >= 0.6 is 0 Å². The molecule has 0 radical (unpaired) electrons. The molecule has 0 unspecified atom stereocenters. The molecule has 0 saturated heterocycles. The average molecular weight is 255 g/mol. The summed E-state index contributed by atoms with van der Waals surface area (Å²) in [7, 11) is 0.0413. The van der Waals surface area contributed by atoms with Crippen LogP contribution in [0.5, 0.6) is 0 Å². The van der Waals surface area contributed by atoms with E-state index < -0.39 is 11.0 Å². The predicted octanol–water partition coefficient (Wildman–Crippen LogP) is 1.56. The molecule has 0 aliphatic heterocycles. The zero-order valence-corrected chi connectivity index (χ0v) is 11.0. The molecule has 2 atom stereocenters. The Morgan fingerprint density at radius 3 is 2.53 bits per heavy atom. The van der Waals surface area contributed by atoms with Crippen LogP contribution in [-0.2, 0) is 20.5 Å². The molecule has 94 valence electrons. The molecule has 0 amide bonds. The third kappa shape index (κ3) is 4.66. The fourth-order valence-electron chi connectivity index (χ4n) is 1.29. The maximum absolute atomic E-state index is 11.9. The molecular formula is C12H17NO3S. The van der Waals surface area contributed by atoms with Crippen molar-refractivity contribution in [3.63, 3.8) is 0 Å². The summed E-state index contributed by atoms with van der Waals surface area (Å²) < 4.78 is 19.3. The van der Waals surface area contributed by atoms with E-state index in [9.17, 15) is 9.00 Å². The van der Waals surface area contributed by atoms with E-state index in [0.717, 1.165) is 5.56 Å². The van der Waals surface area contributed by atoms with Crippen LogP contribution < -0.4 is 4.72 Å². The topological polar surface area (TPSA) is 55.4 Å². The lowest BCUT2D eigenvalue weighted by atomic mass is 10.2. The van der Waals surface area contributed by atoms with Crippen molar-refractivity contribution >= 4 is 17.0 Å². The Labute approximate surface area is 104 Å². The fraction of sp³-hybridized carbons (Fsp3) is 0.417. The second-order valence-corrected chi connectivity index (χ2v) is 5.13. The highest BCUT2D eigenvalue weighted by atomic mass is 32.2. The van der Waals surface area contributed by atoms with Gasteiger partial charge < -0.3 is 4.74 Å². The van der Waals surface area contributed by atoms with E-state index in [1.54, 1.807) is 6.92 Å². The zero-order valence-electron chi connectivity index (χ0n) is 10.2. The van der Waals surface area contributed by atoms with Crippen molar-refractivity contribution in [1.82, 2.24) is 4.72 Å². The van der Waals surface area contributed by atoms with Crippen molar-refractivity contribution in [2.45, 2.75) is 31.2 Å². The van der Waals surface area contributed by atoms with Crippen LogP contribution in [0, 0.1) is 6.92 Å². The van der Waals surface area contributed by atoms with Gasteiger partial charge >= 0.3 is 5.97 Å². The Morgan fingerprint density at radius 2 is 2.00 bits per heavy atom. The van der Waals surface area contributed by atoms with Crippen molar-refractivity contribution in [3.8, 4) is 0 Å². The van der Waals surface area contributed by atoms with Crippen LogP contribution in [0.3, 0.4) is 0 Å². The number of carbonyl (C=O) groups excluding carboxylic acids is 1. The van der Waals surface area contributed by atoms with Crippen molar-refractivity contribution in [1.29, 1.82) is 0 Å². The SMILES string of the molecule is COC(=O)C[C@H](C)N[S@@](=O)c1ccc(C)cc1. The first-order valence-electron chi connectivity index (χ1n) is 5.34. The number of esters is 1. The number of rotatable bonds is 5. The third-order valence-corrected chi connectivity index (χ3v) is 3.56. The monoisotopic (exact) mass is 255 g/mol. The second-order valence-electron chi connectivity index (χ2n) is 3.88. The summed E-state index contributed by atoms with van der Waals surface area (Å²) in [6.45, 7) is 3.77. The van der Waals surface area contributed by atoms with E-state index in [-0.39, 0.29) is 18.4 Å². The minimum atomic E-state index is -1.30. The van der Waals surface area contributed by atoms with Crippen molar-refractivity contribution < 1.29 is 13.7 Å². The molecule has 0 aromatic heterocycles. The summed E-state index contributed by atoms with van der Waals surface area (Å²) in [5.41, 5.74) is 1.12. The molecule has 0 fully saturated rings. The van der Waals surface area contributed by atoms with E-state index in [4.69, 9.17) is 0 Å². The number of hydrogen-bond donors (Lipinski definition) is 1. The van der Waals surface area contributed by atoms with Crippen molar-refractivity contribution in [3.05, 3.63) is 29.8 Å². The summed E-state index contributed by atoms with van der Waals surface area (Å²) >= 11 is 0. The predicted molar refractivity (Wildman–Crippen MR) is 66.8 cm³/mol. The van der Waals surface area contributed by atoms with Gasteiger partial charge in [-0.15, -0.1) is 0 Å². The average Bonchev–Trinajstić information content (AvgIpc) is 2.29. The molecular weight excluding hydrogens is 238 g/mol. The van der Waals surface area contributed by atoms with Gasteiger partial charge in [-0.1, -0.05) is 17.7 Å². The van der Waals surface area contributed by atoms with Gasteiger partial charge in [-0.3, -0.25) is 4.79 Å². The summed E-state index contributed by atoms with van der Waals surface area (Å²) in [5, 5.41) is 0. The van der Waals surface area contributed by atoms with E-state index in [0.29, 0.717) is 4.90 Å². The van der Waals surface area contributed by atoms with Crippen molar-refractivity contribution in [2.24, 2.45) is 0 Å². The molecule has 1 aromatic carbocycles. The maximum atomic E-state index is 11.9. The van der Waals surface area contributed by atoms with Gasteiger partial charge in [0.05, 0.1) is 18.4 Å². The van der Waals surface area contributed by atoms with E-state index in [2.05, 4.69) is 9.46 Å². The van der Waals surface area contributed by atoms with Gasteiger partial charge in [-0.25, -0.2) is 8.93 Å². The number of aryl methyl sites for hydroxylation is 1. The summed E-state index contributed by atoms with van der Waals surface area (Å²) in [6, 6.07) is 7.23. The van der Waals surface area contributed by atoms with E-state index >= 15 is 0 Å². The van der Waals surface area contributed by atoms with Crippen LogP contribution in [0.15, 0.2) is 29.2 Å². The number of carbonyl (C=O) groups is 1. The molecule has 4 nitrogen and oxygen atoms in total. The van der Waals surface area contributed by atoms with Crippen LogP contribution in [-0.4, -0.2) is 23.3 Å². The molecule has 0 bridgehead atoms. The summed E-state index contributed by atoms with van der Waals surface area (Å²) in [5.74, 6) is -0.314.